The van der Waals surface area contributed by atoms with Crippen LogP contribution in [0.2, 0.25) is 0 Å². The lowest BCUT2D eigenvalue weighted by Crippen LogP contribution is -2.11. The van der Waals surface area contributed by atoms with Crippen LogP contribution in [0.1, 0.15) is 30.4 Å². The van der Waals surface area contributed by atoms with E-state index >= 15 is 0 Å². The molecular formula is C20H21N5O. The van der Waals surface area contributed by atoms with Crippen LogP contribution >= 0.6 is 0 Å². The van der Waals surface area contributed by atoms with Crippen molar-refractivity contribution in [1.29, 1.82) is 0 Å². The van der Waals surface area contributed by atoms with E-state index < -0.39 is 0 Å². The summed E-state index contributed by atoms with van der Waals surface area (Å²) >= 11 is 0. The van der Waals surface area contributed by atoms with E-state index in [1.165, 1.54) is 5.56 Å². The fraction of sp³-hybridized carbons (Fsp3) is 0.250. The number of anilines is 1. The van der Waals surface area contributed by atoms with Gasteiger partial charge in [-0.05, 0) is 31.5 Å². The summed E-state index contributed by atoms with van der Waals surface area (Å²) in [4.78, 5) is 12.0. The molecule has 6 heteroatoms. The molecule has 0 saturated carbocycles. The van der Waals surface area contributed by atoms with E-state index in [4.69, 9.17) is 0 Å². The van der Waals surface area contributed by atoms with Crippen LogP contribution in [-0.2, 0) is 11.3 Å². The zero-order valence-corrected chi connectivity index (χ0v) is 15.2. The van der Waals surface area contributed by atoms with Crippen LogP contribution in [0.5, 0.6) is 0 Å². The van der Waals surface area contributed by atoms with Gasteiger partial charge in [0.15, 0.2) is 5.65 Å². The standard InChI is InChI=1S/C20H21N5O/c1-4-19(26)21-16-11-17-18(25-14(3)22-23-20(16)25)10-13(2)24(17)12-15-8-6-5-7-9-15/h5-11H,4,12H2,1-3H3,(H,21,26). The lowest BCUT2D eigenvalue weighted by atomic mass is 10.2. The van der Waals surface area contributed by atoms with Crippen LogP contribution in [0, 0.1) is 13.8 Å². The van der Waals surface area contributed by atoms with Crippen molar-refractivity contribution in [3.05, 3.63) is 59.5 Å². The third kappa shape index (κ3) is 2.63. The van der Waals surface area contributed by atoms with Crippen LogP contribution < -0.4 is 5.32 Å². The molecule has 0 bridgehead atoms. The first-order valence-electron chi connectivity index (χ1n) is 8.77. The fourth-order valence-corrected chi connectivity index (χ4v) is 3.34. The molecule has 0 spiro atoms. The Morgan fingerprint density at radius 3 is 2.58 bits per heavy atom. The predicted octanol–water partition coefficient (Wildman–Crippen LogP) is 3.70. The molecule has 1 aromatic carbocycles. The molecule has 0 aliphatic heterocycles. The number of rotatable bonds is 4. The van der Waals surface area contributed by atoms with E-state index in [9.17, 15) is 4.79 Å². The predicted molar refractivity (Wildman–Crippen MR) is 102 cm³/mol. The van der Waals surface area contributed by atoms with Gasteiger partial charge in [-0.3, -0.25) is 9.20 Å². The van der Waals surface area contributed by atoms with Gasteiger partial charge in [0.05, 0.1) is 16.7 Å². The highest BCUT2D eigenvalue weighted by Crippen LogP contribution is 2.28. The molecule has 0 unspecified atom stereocenters. The van der Waals surface area contributed by atoms with Gasteiger partial charge in [0.25, 0.3) is 0 Å². The van der Waals surface area contributed by atoms with Crippen molar-refractivity contribution < 1.29 is 4.79 Å². The average molecular weight is 347 g/mol. The van der Waals surface area contributed by atoms with Gasteiger partial charge in [0.2, 0.25) is 5.91 Å². The second-order valence-electron chi connectivity index (χ2n) is 6.49. The normalized spacial score (nSPS) is 11.3. The fourth-order valence-electron chi connectivity index (χ4n) is 3.34. The summed E-state index contributed by atoms with van der Waals surface area (Å²) in [6.45, 7) is 6.62. The zero-order chi connectivity index (χ0) is 18.3. The molecule has 0 saturated heterocycles. The summed E-state index contributed by atoms with van der Waals surface area (Å²) in [7, 11) is 0. The number of amides is 1. The van der Waals surface area contributed by atoms with Crippen LogP contribution in [0.4, 0.5) is 5.69 Å². The number of carbonyl (C=O) groups excluding carboxylic acids is 1. The van der Waals surface area contributed by atoms with Gasteiger partial charge in [-0.1, -0.05) is 37.3 Å². The van der Waals surface area contributed by atoms with Crippen LogP contribution in [0.15, 0.2) is 42.5 Å². The molecule has 1 N–H and O–H groups in total. The second kappa shape index (κ2) is 6.29. The smallest absolute Gasteiger partial charge is 0.224 e. The summed E-state index contributed by atoms with van der Waals surface area (Å²) in [5.41, 5.74) is 5.84. The van der Waals surface area contributed by atoms with E-state index in [0.717, 1.165) is 29.1 Å². The van der Waals surface area contributed by atoms with Crippen molar-refractivity contribution in [2.75, 3.05) is 5.32 Å². The highest BCUT2D eigenvalue weighted by Gasteiger charge is 2.17. The second-order valence-corrected chi connectivity index (χ2v) is 6.49. The highest BCUT2D eigenvalue weighted by atomic mass is 16.1. The van der Waals surface area contributed by atoms with Crippen molar-refractivity contribution in [2.24, 2.45) is 0 Å². The number of benzene rings is 1. The Balaban J connectivity index is 1.95. The Hall–Kier alpha value is -3.15. The van der Waals surface area contributed by atoms with Gasteiger partial charge >= 0.3 is 0 Å². The summed E-state index contributed by atoms with van der Waals surface area (Å²) in [6, 6.07) is 14.5. The molecule has 4 rings (SSSR count). The molecule has 0 radical (unpaired) electrons. The molecule has 0 aliphatic carbocycles. The maximum Gasteiger partial charge on any atom is 0.224 e. The van der Waals surface area contributed by atoms with Gasteiger partial charge in [-0.2, -0.15) is 0 Å². The van der Waals surface area contributed by atoms with Crippen molar-refractivity contribution in [2.45, 2.75) is 33.7 Å². The minimum absolute atomic E-state index is 0.0372. The number of nitrogens with one attached hydrogen (secondary N) is 1. The number of nitrogens with zero attached hydrogens (tertiary/aromatic N) is 4. The molecule has 6 nitrogen and oxygen atoms in total. The van der Waals surface area contributed by atoms with E-state index in [0.29, 0.717) is 17.8 Å². The van der Waals surface area contributed by atoms with Gasteiger partial charge in [0.1, 0.15) is 5.82 Å². The van der Waals surface area contributed by atoms with Gasteiger partial charge < -0.3 is 9.88 Å². The lowest BCUT2D eigenvalue weighted by Gasteiger charge is -2.11. The summed E-state index contributed by atoms with van der Waals surface area (Å²) in [6.07, 6.45) is 0.418. The first-order chi connectivity index (χ1) is 12.6. The van der Waals surface area contributed by atoms with E-state index in [1.807, 2.05) is 42.5 Å². The molecular weight excluding hydrogens is 326 g/mol. The SMILES string of the molecule is CCC(=O)Nc1cc2c(cc(C)n2Cc2ccccc2)n2c(C)nnc12. The molecule has 0 atom stereocenters. The number of pyridine rings is 1. The first-order valence-corrected chi connectivity index (χ1v) is 8.77. The molecule has 0 fully saturated rings. The van der Waals surface area contributed by atoms with Crippen molar-refractivity contribution in [3.63, 3.8) is 0 Å². The number of aromatic nitrogens is 4. The van der Waals surface area contributed by atoms with E-state index in [-0.39, 0.29) is 5.91 Å². The number of hydrogen-bond acceptors (Lipinski definition) is 3. The number of carbonyl (C=O) groups is 1. The Labute approximate surface area is 151 Å². The molecule has 0 aliphatic rings. The highest BCUT2D eigenvalue weighted by molar-refractivity contribution is 5.98. The van der Waals surface area contributed by atoms with Crippen LogP contribution in [0.25, 0.3) is 16.7 Å². The Morgan fingerprint density at radius 1 is 1.08 bits per heavy atom. The van der Waals surface area contributed by atoms with Gasteiger partial charge in [0, 0.05) is 18.7 Å². The Bertz CT molecular complexity index is 1110. The largest absolute Gasteiger partial charge is 0.339 e. The quantitative estimate of drug-likeness (QED) is 0.612. The maximum absolute atomic E-state index is 12.0. The minimum Gasteiger partial charge on any atom is -0.339 e. The van der Waals surface area contributed by atoms with Crippen LogP contribution in [0.3, 0.4) is 0 Å². The maximum atomic E-state index is 12.0. The van der Waals surface area contributed by atoms with Crippen molar-refractivity contribution in [3.8, 4) is 0 Å². The first kappa shape index (κ1) is 16.3. The zero-order valence-electron chi connectivity index (χ0n) is 15.2. The van der Waals surface area contributed by atoms with Gasteiger partial charge in [-0.15, -0.1) is 10.2 Å². The Morgan fingerprint density at radius 2 is 1.85 bits per heavy atom. The van der Waals surface area contributed by atoms with E-state index in [1.54, 1.807) is 0 Å². The molecule has 4 aromatic rings. The lowest BCUT2D eigenvalue weighted by molar-refractivity contribution is -0.115. The summed E-state index contributed by atoms with van der Waals surface area (Å²) in [5, 5.41) is 11.4. The Kier molecular flexibility index (Phi) is 3.95. The number of aryl methyl sites for hydroxylation is 2. The third-order valence-electron chi connectivity index (χ3n) is 4.69. The number of hydrogen-bond donors (Lipinski definition) is 1. The molecule has 3 aromatic heterocycles. The van der Waals surface area contributed by atoms with Crippen molar-refractivity contribution in [1.82, 2.24) is 19.2 Å². The summed E-state index contributed by atoms with van der Waals surface area (Å²) < 4.78 is 4.26. The van der Waals surface area contributed by atoms with Gasteiger partial charge in [-0.25, -0.2) is 0 Å². The van der Waals surface area contributed by atoms with Crippen molar-refractivity contribution >= 4 is 28.3 Å². The monoisotopic (exact) mass is 347 g/mol. The van der Waals surface area contributed by atoms with E-state index in [2.05, 4.69) is 45.2 Å². The third-order valence-corrected chi connectivity index (χ3v) is 4.69. The molecule has 26 heavy (non-hydrogen) atoms. The number of fused-ring (bicyclic) bond motifs is 3. The average Bonchev–Trinajstić information content (AvgIpc) is 3.17. The topological polar surface area (TPSA) is 64.2 Å². The van der Waals surface area contributed by atoms with Crippen LogP contribution in [-0.4, -0.2) is 25.1 Å². The summed E-state index contributed by atoms with van der Waals surface area (Å²) in [5.74, 6) is 0.763. The minimum atomic E-state index is -0.0372. The molecule has 132 valence electrons. The molecule has 1 amide bonds. The molecule has 3 heterocycles.